The van der Waals surface area contributed by atoms with Gasteiger partial charge >= 0.3 is 5.97 Å². The molecule has 0 radical (unpaired) electrons. The Bertz CT molecular complexity index is 712. The van der Waals surface area contributed by atoms with Crippen LogP contribution in [0.25, 0.3) is 6.08 Å². The molecule has 0 saturated carbocycles. The minimum absolute atomic E-state index is 0.0301. The van der Waals surface area contributed by atoms with Crippen LogP contribution in [-0.4, -0.2) is 10.9 Å². The Labute approximate surface area is 129 Å². The lowest BCUT2D eigenvalue weighted by Crippen LogP contribution is -2.03. The van der Waals surface area contributed by atoms with Gasteiger partial charge in [0.25, 0.3) is 5.69 Å². The standard InChI is InChI=1S/C15H10BrNO4/c16-12-4-2-6-14(10-12)21-15(18)8-7-11-3-1-5-13(9-11)17(19)20/h1-10H/b8-7+. The third kappa shape index (κ3) is 4.54. The van der Waals surface area contributed by atoms with Crippen molar-refractivity contribution >= 4 is 33.7 Å². The van der Waals surface area contributed by atoms with Gasteiger partial charge in [-0.05, 0) is 29.8 Å². The lowest BCUT2D eigenvalue weighted by Gasteiger charge is -2.01. The summed E-state index contributed by atoms with van der Waals surface area (Å²) in [6.45, 7) is 0. The van der Waals surface area contributed by atoms with Gasteiger partial charge in [-0.15, -0.1) is 0 Å². The van der Waals surface area contributed by atoms with Gasteiger partial charge < -0.3 is 4.74 Å². The number of carbonyl (C=O) groups excluding carboxylic acids is 1. The zero-order valence-electron chi connectivity index (χ0n) is 10.7. The second-order valence-corrected chi connectivity index (χ2v) is 4.98. The summed E-state index contributed by atoms with van der Waals surface area (Å²) < 4.78 is 5.91. The van der Waals surface area contributed by atoms with Gasteiger partial charge in [-0.1, -0.05) is 34.1 Å². The lowest BCUT2D eigenvalue weighted by atomic mass is 10.2. The molecule has 0 atom stereocenters. The van der Waals surface area contributed by atoms with E-state index in [1.807, 2.05) is 6.07 Å². The third-order valence-corrected chi connectivity index (χ3v) is 3.00. The van der Waals surface area contributed by atoms with E-state index in [2.05, 4.69) is 15.9 Å². The predicted molar refractivity (Wildman–Crippen MR) is 81.9 cm³/mol. The highest BCUT2D eigenvalue weighted by Gasteiger charge is 2.05. The molecule has 0 aliphatic rings. The number of esters is 1. The fourth-order valence-electron chi connectivity index (χ4n) is 1.59. The number of hydrogen-bond acceptors (Lipinski definition) is 4. The lowest BCUT2D eigenvalue weighted by molar-refractivity contribution is -0.384. The number of nitrogens with zero attached hydrogens (tertiary/aromatic N) is 1. The van der Waals surface area contributed by atoms with Crippen LogP contribution in [0, 0.1) is 10.1 Å². The number of halogens is 1. The van der Waals surface area contributed by atoms with E-state index < -0.39 is 10.9 Å². The molecular formula is C15H10BrNO4. The zero-order chi connectivity index (χ0) is 15.2. The molecule has 5 nitrogen and oxygen atoms in total. The van der Waals surface area contributed by atoms with Crippen molar-refractivity contribution in [2.24, 2.45) is 0 Å². The van der Waals surface area contributed by atoms with Crippen molar-refractivity contribution < 1.29 is 14.5 Å². The van der Waals surface area contributed by atoms with E-state index in [9.17, 15) is 14.9 Å². The Morgan fingerprint density at radius 3 is 2.67 bits per heavy atom. The molecular weight excluding hydrogens is 338 g/mol. The number of carbonyl (C=O) groups is 1. The molecule has 0 aliphatic heterocycles. The van der Waals surface area contributed by atoms with Crippen molar-refractivity contribution in [1.82, 2.24) is 0 Å². The largest absolute Gasteiger partial charge is 0.423 e. The van der Waals surface area contributed by atoms with Crippen LogP contribution in [0.2, 0.25) is 0 Å². The number of ether oxygens (including phenoxy) is 1. The van der Waals surface area contributed by atoms with E-state index in [1.165, 1.54) is 24.3 Å². The highest BCUT2D eigenvalue weighted by Crippen LogP contribution is 2.18. The van der Waals surface area contributed by atoms with Crippen LogP contribution in [-0.2, 0) is 4.79 Å². The first-order chi connectivity index (χ1) is 10.0. The molecule has 0 amide bonds. The Kier molecular flexibility index (Phi) is 4.84. The molecule has 2 aromatic rings. The number of nitro groups is 1. The summed E-state index contributed by atoms with van der Waals surface area (Å²) in [7, 11) is 0. The molecule has 0 unspecified atom stereocenters. The molecule has 0 heterocycles. The minimum atomic E-state index is -0.556. The van der Waals surface area contributed by atoms with Crippen LogP contribution >= 0.6 is 15.9 Å². The summed E-state index contributed by atoms with van der Waals surface area (Å²) >= 11 is 3.28. The number of rotatable bonds is 4. The molecule has 0 aromatic heterocycles. The van der Waals surface area contributed by atoms with Crippen molar-refractivity contribution in [3.8, 4) is 5.75 Å². The smallest absolute Gasteiger partial charge is 0.336 e. The van der Waals surface area contributed by atoms with Crippen LogP contribution in [0.4, 0.5) is 5.69 Å². The highest BCUT2D eigenvalue weighted by atomic mass is 79.9. The van der Waals surface area contributed by atoms with Crippen LogP contribution in [0.5, 0.6) is 5.75 Å². The molecule has 0 aliphatic carbocycles. The fraction of sp³-hybridized carbons (Fsp3) is 0. The van der Waals surface area contributed by atoms with Crippen molar-refractivity contribution in [1.29, 1.82) is 0 Å². The second kappa shape index (κ2) is 6.81. The van der Waals surface area contributed by atoms with Gasteiger partial charge in [-0.2, -0.15) is 0 Å². The van der Waals surface area contributed by atoms with Gasteiger partial charge in [-0.3, -0.25) is 10.1 Å². The van der Waals surface area contributed by atoms with Gasteiger partial charge in [0.15, 0.2) is 0 Å². The Morgan fingerprint density at radius 2 is 1.95 bits per heavy atom. The highest BCUT2D eigenvalue weighted by molar-refractivity contribution is 9.10. The number of nitro benzene ring substituents is 1. The van der Waals surface area contributed by atoms with E-state index in [0.717, 1.165) is 4.47 Å². The first-order valence-corrected chi connectivity index (χ1v) is 6.74. The Morgan fingerprint density at radius 1 is 1.19 bits per heavy atom. The molecule has 0 N–H and O–H groups in total. The molecule has 106 valence electrons. The van der Waals surface area contributed by atoms with E-state index in [-0.39, 0.29) is 5.69 Å². The van der Waals surface area contributed by atoms with Crippen LogP contribution < -0.4 is 4.74 Å². The zero-order valence-corrected chi connectivity index (χ0v) is 12.3. The second-order valence-electron chi connectivity index (χ2n) is 4.06. The summed E-state index contributed by atoms with van der Waals surface area (Å²) in [5, 5.41) is 10.6. The van der Waals surface area contributed by atoms with Crippen molar-refractivity contribution in [3.05, 3.63) is 74.8 Å². The maximum absolute atomic E-state index is 11.7. The monoisotopic (exact) mass is 347 g/mol. The quantitative estimate of drug-likeness (QED) is 0.276. The first kappa shape index (κ1) is 14.9. The average Bonchev–Trinajstić information content (AvgIpc) is 2.45. The van der Waals surface area contributed by atoms with E-state index >= 15 is 0 Å². The molecule has 6 heteroatoms. The fourth-order valence-corrected chi connectivity index (χ4v) is 1.97. The number of benzene rings is 2. The Hall–Kier alpha value is -2.47. The van der Waals surface area contributed by atoms with Crippen molar-refractivity contribution in [3.63, 3.8) is 0 Å². The molecule has 0 spiro atoms. The Balaban J connectivity index is 2.05. The van der Waals surface area contributed by atoms with Crippen molar-refractivity contribution in [2.45, 2.75) is 0 Å². The molecule has 21 heavy (non-hydrogen) atoms. The minimum Gasteiger partial charge on any atom is -0.423 e. The van der Waals surface area contributed by atoms with Gasteiger partial charge in [0.1, 0.15) is 5.75 Å². The molecule has 0 fully saturated rings. The molecule has 0 bridgehead atoms. The van der Waals surface area contributed by atoms with Gasteiger partial charge in [0, 0.05) is 22.7 Å². The van der Waals surface area contributed by atoms with Crippen LogP contribution in [0.3, 0.4) is 0 Å². The van der Waals surface area contributed by atoms with Crippen molar-refractivity contribution in [2.75, 3.05) is 0 Å². The summed E-state index contributed by atoms with van der Waals surface area (Å²) in [5.74, 6) is -0.141. The normalized spacial score (nSPS) is 10.5. The molecule has 2 aromatic carbocycles. The average molecular weight is 348 g/mol. The van der Waals surface area contributed by atoms with E-state index in [0.29, 0.717) is 11.3 Å². The summed E-state index contributed by atoms with van der Waals surface area (Å²) in [5.41, 5.74) is 0.521. The predicted octanol–water partition coefficient (Wildman–Crippen LogP) is 3.98. The number of hydrogen-bond donors (Lipinski definition) is 0. The van der Waals surface area contributed by atoms with Crippen LogP contribution in [0.1, 0.15) is 5.56 Å². The SMILES string of the molecule is O=C(/C=C/c1cccc([N+](=O)[O-])c1)Oc1cccc(Br)c1. The van der Waals surface area contributed by atoms with Crippen LogP contribution in [0.15, 0.2) is 59.1 Å². The topological polar surface area (TPSA) is 69.4 Å². The van der Waals surface area contributed by atoms with Gasteiger partial charge in [-0.25, -0.2) is 4.79 Å². The van der Waals surface area contributed by atoms with E-state index in [4.69, 9.17) is 4.74 Å². The molecule has 0 saturated heterocycles. The summed E-state index contributed by atoms with van der Waals surface area (Å²) in [6, 6.07) is 12.9. The first-order valence-electron chi connectivity index (χ1n) is 5.94. The maximum Gasteiger partial charge on any atom is 0.336 e. The maximum atomic E-state index is 11.7. The summed E-state index contributed by atoms with van der Waals surface area (Å²) in [6.07, 6.45) is 2.69. The summed E-state index contributed by atoms with van der Waals surface area (Å²) in [4.78, 5) is 21.8. The number of non-ortho nitro benzene ring substituents is 1. The third-order valence-electron chi connectivity index (χ3n) is 2.51. The van der Waals surface area contributed by atoms with E-state index in [1.54, 1.807) is 30.3 Å². The van der Waals surface area contributed by atoms with Gasteiger partial charge in [0.05, 0.1) is 4.92 Å². The van der Waals surface area contributed by atoms with Gasteiger partial charge in [0.2, 0.25) is 0 Å². The molecule has 2 rings (SSSR count).